The van der Waals surface area contributed by atoms with Gasteiger partial charge in [-0.3, -0.25) is 9.80 Å². The molecular weight excluding hydrogens is 434 g/mol. The molecule has 4 nitrogen and oxygen atoms in total. The third-order valence-electron chi connectivity index (χ3n) is 5.25. The van der Waals surface area contributed by atoms with Gasteiger partial charge in [-0.05, 0) is 35.4 Å². The van der Waals surface area contributed by atoms with E-state index in [2.05, 4.69) is 5.32 Å². The number of halogens is 1. The first-order valence-corrected chi connectivity index (χ1v) is 11.0. The monoisotopic (exact) mass is 449 g/mol. The first-order valence-electron chi connectivity index (χ1n) is 9.38. The summed E-state index contributed by atoms with van der Waals surface area (Å²) in [4.78, 5) is 13.5. The minimum atomic E-state index is -1.01. The Labute approximate surface area is 188 Å². The minimum Gasteiger partial charge on any atom is -0.310 e. The number of anilines is 1. The van der Waals surface area contributed by atoms with Crippen LogP contribution in [0.5, 0.6) is 0 Å². The summed E-state index contributed by atoms with van der Waals surface area (Å²) in [5.41, 5.74) is 3.41. The Morgan fingerprint density at radius 1 is 0.967 bits per heavy atom. The predicted octanol–water partition coefficient (Wildman–Crippen LogP) is 5.19. The number of hydrogen-bond donors (Lipinski definition) is 1. The van der Waals surface area contributed by atoms with E-state index in [0.29, 0.717) is 15.1 Å². The Hall–Kier alpha value is -2.67. The van der Waals surface area contributed by atoms with E-state index in [1.807, 2.05) is 89.9 Å². The summed E-state index contributed by atoms with van der Waals surface area (Å²) >= 11 is 12.9. The van der Waals surface area contributed by atoms with E-state index in [-0.39, 0.29) is 5.91 Å². The number of nitrogens with one attached hydrogen (secondary N) is 1. The van der Waals surface area contributed by atoms with Crippen molar-refractivity contribution in [2.45, 2.75) is 10.8 Å². The van der Waals surface area contributed by atoms with Crippen LogP contribution in [0.4, 0.5) is 5.69 Å². The maximum absolute atomic E-state index is 13.5. The molecule has 2 aliphatic heterocycles. The van der Waals surface area contributed by atoms with E-state index in [0.717, 1.165) is 16.8 Å². The lowest BCUT2D eigenvalue weighted by molar-refractivity contribution is -0.120. The van der Waals surface area contributed by atoms with Gasteiger partial charge in [-0.1, -0.05) is 96.2 Å². The number of hydrazone groups is 1. The summed E-state index contributed by atoms with van der Waals surface area (Å²) in [6.45, 7) is 0. The van der Waals surface area contributed by atoms with Crippen LogP contribution >= 0.6 is 35.6 Å². The van der Waals surface area contributed by atoms with Gasteiger partial charge in [0.25, 0.3) is 5.91 Å². The summed E-state index contributed by atoms with van der Waals surface area (Å²) in [5.74, 6) is -0.154. The van der Waals surface area contributed by atoms with Crippen molar-refractivity contribution in [3.05, 3.63) is 101 Å². The Kier molecular flexibility index (Phi) is 4.85. The van der Waals surface area contributed by atoms with Gasteiger partial charge >= 0.3 is 0 Å². The largest absolute Gasteiger partial charge is 0.310 e. The number of hydrogen-bond acceptors (Lipinski definition) is 5. The van der Waals surface area contributed by atoms with Crippen LogP contribution in [0, 0.1) is 0 Å². The van der Waals surface area contributed by atoms with E-state index in [1.54, 1.807) is 0 Å². The first kappa shape index (κ1) is 19.3. The second kappa shape index (κ2) is 7.54. The second-order valence-corrected chi connectivity index (χ2v) is 9.39. The van der Waals surface area contributed by atoms with Crippen LogP contribution in [-0.4, -0.2) is 20.7 Å². The molecule has 0 aliphatic carbocycles. The topological polar surface area (TPSA) is 44.7 Å². The van der Waals surface area contributed by atoms with Gasteiger partial charge in [0.05, 0.1) is 11.4 Å². The van der Waals surface area contributed by atoms with E-state index in [9.17, 15) is 4.79 Å². The van der Waals surface area contributed by atoms with Gasteiger partial charge in [0, 0.05) is 5.02 Å². The summed E-state index contributed by atoms with van der Waals surface area (Å²) in [6, 6.07) is 26.8. The highest BCUT2D eigenvalue weighted by molar-refractivity contribution is 8.25. The summed E-state index contributed by atoms with van der Waals surface area (Å²) in [5, 5.41) is 10.4. The minimum absolute atomic E-state index is 0.154. The summed E-state index contributed by atoms with van der Waals surface area (Å²) in [7, 11) is 0. The molecule has 5 rings (SSSR count). The summed E-state index contributed by atoms with van der Waals surface area (Å²) < 4.78 is -0.556. The number of amides is 1. The van der Waals surface area contributed by atoms with Crippen LogP contribution in [0.1, 0.15) is 17.2 Å². The van der Waals surface area contributed by atoms with Crippen LogP contribution < -0.4 is 10.3 Å². The van der Waals surface area contributed by atoms with Crippen molar-refractivity contribution >= 4 is 57.2 Å². The number of benzene rings is 3. The highest BCUT2D eigenvalue weighted by Crippen LogP contribution is 2.53. The molecule has 7 heteroatoms. The molecule has 148 valence electrons. The Morgan fingerprint density at radius 2 is 1.60 bits per heavy atom. The van der Waals surface area contributed by atoms with E-state index < -0.39 is 10.8 Å². The number of para-hydroxylation sites is 1. The normalized spacial score (nSPS) is 23.0. The maximum atomic E-state index is 13.5. The lowest BCUT2D eigenvalue weighted by atomic mass is 9.85. The fourth-order valence-electron chi connectivity index (χ4n) is 3.96. The zero-order valence-electron chi connectivity index (χ0n) is 15.7. The van der Waals surface area contributed by atoms with Crippen LogP contribution in [0.2, 0.25) is 5.02 Å². The lowest BCUT2D eigenvalue weighted by Crippen LogP contribution is -2.48. The molecule has 1 amide bonds. The highest BCUT2D eigenvalue weighted by atomic mass is 35.5. The molecule has 1 fully saturated rings. The number of thioether (sulfide) groups is 1. The predicted molar refractivity (Wildman–Crippen MR) is 127 cm³/mol. The lowest BCUT2D eigenvalue weighted by Gasteiger charge is -2.33. The highest BCUT2D eigenvalue weighted by Gasteiger charge is 2.62. The van der Waals surface area contributed by atoms with Crippen molar-refractivity contribution < 1.29 is 4.79 Å². The van der Waals surface area contributed by atoms with Gasteiger partial charge in [-0.15, -0.1) is 0 Å². The van der Waals surface area contributed by atoms with Gasteiger partial charge in [0.15, 0.2) is 4.75 Å². The van der Waals surface area contributed by atoms with Crippen molar-refractivity contribution in [1.82, 2.24) is 5.32 Å². The Morgan fingerprint density at radius 3 is 2.20 bits per heavy atom. The standard InChI is InChI=1S/C23H16ClN3OS2/c24-17-13-11-16(12-14-17)20-23(21(28)25-22(29)30-23)19(15-7-3-1-4-8-15)26-27(20)18-9-5-2-6-10-18/h1-14,20H,(H,25,28,29). The van der Waals surface area contributed by atoms with E-state index in [4.69, 9.17) is 28.9 Å². The molecule has 30 heavy (non-hydrogen) atoms. The van der Waals surface area contributed by atoms with Crippen molar-refractivity contribution in [2.24, 2.45) is 5.10 Å². The Balaban J connectivity index is 1.77. The Bertz CT molecular complexity index is 1150. The molecule has 1 saturated heterocycles. The second-order valence-electron chi connectivity index (χ2n) is 7.03. The van der Waals surface area contributed by atoms with Crippen LogP contribution in [0.15, 0.2) is 90.0 Å². The van der Waals surface area contributed by atoms with Crippen molar-refractivity contribution in [2.75, 3.05) is 5.01 Å². The third-order valence-corrected chi connectivity index (χ3v) is 7.06. The number of thiocarbonyl (C=S) groups is 1. The van der Waals surface area contributed by atoms with Crippen molar-refractivity contribution in [3.63, 3.8) is 0 Å². The average Bonchev–Trinajstić information content (AvgIpc) is 3.26. The zero-order valence-corrected chi connectivity index (χ0v) is 18.0. The quantitative estimate of drug-likeness (QED) is 0.559. The molecule has 0 aromatic heterocycles. The fourth-order valence-corrected chi connectivity index (χ4v) is 5.75. The van der Waals surface area contributed by atoms with Crippen LogP contribution in [0.25, 0.3) is 0 Å². The van der Waals surface area contributed by atoms with E-state index in [1.165, 1.54) is 11.8 Å². The van der Waals surface area contributed by atoms with Crippen molar-refractivity contribution in [3.8, 4) is 0 Å². The molecule has 1 N–H and O–H groups in total. The van der Waals surface area contributed by atoms with Gasteiger partial charge in [0.2, 0.25) is 0 Å². The van der Waals surface area contributed by atoms with E-state index >= 15 is 0 Å². The zero-order chi connectivity index (χ0) is 20.7. The average molecular weight is 450 g/mol. The van der Waals surface area contributed by atoms with Gasteiger partial charge < -0.3 is 5.32 Å². The molecule has 2 atom stereocenters. The molecule has 3 aromatic rings. The molecule has 0 bridgehead atoms. The number of carbonyl (C=O) groups excluding carboxylic acids is 1. The van der Waals surface area contributed by atoms with Gasteiger partial charge in [-0.25, -0.2) is 0 Å². The molecule has 2 aliphatic rings. The molecule has 2 heterocycles. The van der Waals surface area contributed by atoms with Crippen molar-refractivity contribution in [1.29, 1.82) is 0 Å². The fraction of sp³-hybridized carbons (Fsp3) is 0.0870. The molecule has 1 spiro atoms. The van der Waals surface area contributed by atoms with Gasteiger partial charge in [0.1, 0.15) is 10.4 Å². The smallest absolute Gasteiger partial charge is 0.250 e. The number of nitrogens with zero attached hydrogens (tertiary/aromatic N) is 2. The summed E-state index contributed by atoms with van der Waals surface area (Å²) in [6.07, 6.45) is 0. The molecular formula is C23H16ClN3OS2. The molecule has 2 unspecified atom stereocenters. The van der Waals surface area contributed by atoms with Crippen LogP contribution in [0.3, 0.4) is 0 Å². The SMILES string of the molecule is O=C1NC(=S)SC12C(c1ccccc1)=NN(c1ccccc1)C2c1ccc(Cl)cc1. The number of rotatable bonds is 3. The van der Waals surface area contributed by atoms with Gasteiger partial charge in [-0.2, -0.15) is 5.10 Å². The molecule has 0 radical (unpaired) electrons. The molecule has 0 saturated carbocycles. The first-order chi connectivity index (χ1) is 14.6. The number of carbonyl (C=O) groups is 1. The maximum Gasteiger partial charge on any atom is 0.250 e. The molecule has 3 aromatic carbocycles. The van der Waals surface area contributed by atoms with Crippen LogP contribution in [-0.2, 0) is 4.79 Å². The third kappa shape index (κ3) is 3.03.